The minimum absolute atomic E-state index is 0.271. The van der Waals surface area contributed by atoms with Gasteiger partial charge >= 0.3 is 0 Å². The first-order valence-corrected chi connectivity index (χ1v) is 5.08. The summed E-state index contributed by atoms with van der Waals surface area (Å²) in [5, 5.41) is 2.50. The lowest BCUT2D eigenvalue weighted by atomic mass is 10.2. The van der Waals surface area contributed by atoms with Crippen LogP contribution in [0.4, 0.5) is 8.78 Å². The highest BCUT2D eigenvalue weighted by atomic mass is 19.1. The molecule has 0 aromatic heterocycles. The summed E-state index contributed by atoms with van der Waals surface area (Å²) < 4.78 is 25.9. The molecule has 0 unspecified atom stereocenters. The van der Waals surface area contributed by atoms with Gasteiger partial charge in [-0.15, -0.1) is 0 Å². The van der Waals surface area contributed by atoms with Crippen molar-refractivity contribution in [2.75, 3.05) is 13.1 Å². The van der Waals surface area contributed by atoms with Gasteiger partial charge in [-0.3, -0.25) is 4.79 Å². The second-order valence-corrected chi connectivity index (χ2v) is 3.38. The van der Waals surface area contributed by atoms with Crippen molar-refractivity contribution in [2.24, 2.45) is 5.73 Å². The van der Waals surface area contributed by atoms with Gasteiger partial charge in [0.15, 0.2) is 0 Å². The van der Waals surface area contributed by atoms with Crippen LogP contribution in [0.2, 0.25) is 0 Å². The van der Waals surface area contributed by atoms with Crippen LogP contribution in [0.5, 0.6) is 0 Å². The maximum Gasteiger partial charge on any atom is 0.254 e. The standard InChI is InChI=1S/C11H14F2N2O/c12-8-3-4-10(13)9(7-8)11(16)15-6-2-1-5-14/h3-4,7H,1-2,5-6,14H2,(H,15,16). The first kappa shape index (κ1) is 12.6. The van der Waals surface area contributed by atoms with Crippen molar-refractivity contribution in [1.29, 1.82) is 0 Å². The monoisotopic (exact) mass is 228 g/mol. The van der Waals surface area contributed by atoms with Crippen molar-refractivity contribution in [2.45, 2.75) is 12.8 Å². The minimum Gasteiger partial charge on any atom is -0.352 e. The number of hydrogen-bond donors (Lipinski definition) is 2. The summed E-state index contributed by atoms with van der Waals surface area (Å²) in [6, 6.07) is 2.79. The predicted octanol–water partition coefficient (Wildman–Crippen LogP) is 1.43. The molecule has 0 atom stereocenters. The summed E-state index contributed by atoms with van der Waals surface area (Å²) in [6.45, 7) is 0.955. The summed E-state index contributed by atoms with van der Waals surface area (Å²) in [5.41, 5.74) is 5.01. The fraction of sp³-hybridized carbons (Fsp3) is 0.364. The highest BCUT2D eigenvalue weighted by Gasteiger charge is 2.11. The number of carbonyl (C=O) groups is 1. The van der Waals surface area contributed by atoms with Crippen LogP contribution in [0.3, 0.4) is 0 Å². The molecule has 0 aliphatic rings. The Kier molecular flexibility index (Phi) is 4.85. The van der Waals surface area contributed by atoms with E-state index >= 15 is 0 Å². The quantitative estimate of drug-likeness (QED) is 0.749. The fourth-order valence-corrected chi connectivity index (χ4v) is 1.24. The highest BCUT2D eigenvalue weighted by molar-refractivity contribution is 5.94. The Bertz CT molecular complexity index is 369. The molecule has 0 aliphatic heterocycles. The van der Waals surface area contributed by atoms with E-state index in [0.29, 0.717) is 13.1 Å². The van der Waals surface area contributed by atoms with Crippen molar-refractivity contribution in [3.63, 3.8) is 0 Å². The van der Waals surface area contributed by atoms with Gasteiger partial charge in [-0.2, -0.15) is 0 Å². The van der Waals surface area contributed by atoms with Gasteiger partial charge in [0.05, 0.1) is 5.56 Å². The zero-order valence-corrected chi connectivity index (χ0v) is 8.80. The molecule has 1 aromatic rings. The van der Waals surface area contributed by atoms with E-state index in [1.54, 1.807) is 0 Å². The number of halogens is 2. The number of unbranched alkanes of at least 4 members (excludes halogenated alkanes) is 1. The number of carbonyl (C=O) groups excluding carboxylic acids is 1. The lowest BCUT2D eigenvalue weighted by Gasteiger charge is -2.05. The molecule has 1 amide bonds. The number of amides is 1. The Morgan fingerprint density at radius 3 is 2.75 bits per heavy atom. The largest absolute Gasteiger partial charge is 0.352 e. The molecule has 3 N–H and O–H groups in total. The lowest BCUT2D eigenvalue weighted by molar-refractivity contribution is 0.0948. The first-order valence-electron chi connectivity index (χ1n) is 5.08. The van der Waals surface area contributed by atoms with Gasteiger partial charge in [-0.25, -0.2) is 8.78 Å². The molecule has 5 heteroatoms. The van der Waals surface area contributed by atoms with Crippen LogP contribution in [0, 0.1) is 11.6 Å². The van der Waals surface area contributed by atoms with Gasteiger partial charge in [-0.1, -0.05) is 0 Å². The molecule has 0 radical (unpaired) electrons. The summed E-state index contributed by atoms with van der Waals surface area (Å²) in [7, 11) is 0. The smallest absolute Gasteiger partial charge is 0.254 e. The van der Waals surface area contributed by atoms with E-state index in [1.807, 2.05) is 0 Å². The third-order valence-corrected chi connectivity index (χ3v) is 2.09. The molecule has 1 rings (SSSR count). The first-order chi connectivity index (χ1) is 7.65. The summed E-state index contributed by atoms with van der Waals surface area (Å²) in [5.74, 6) is -1.96. The molecule has 1 aromatic carbocycles. The van der Waals surface area contributed by atoms with E-state index in [1.165, 1.54) is 0 Å². The molecule has 0 saturated carbocycles. The topological polar surface area (TPSA) is 55.1 Å². The molecule has 88 valence electrons. The summed E-state index contributed by atoms with van der Waals surface area (Å²) in [4.78, 5) is 11.4. The Labute approximate surface area is 92.6 Å². The van der Waals surface area contributed by atoms with Gasteiger partial charge < -0.3 is 11.1 Å². The number of nitrogens with two attached hydrogens (primary N) is 1. The zero-order chi connectivity index (χ0) is 12.0. The third-order valence-electron chi connectivity index (χ3n) is 2.09. The molecule has 0 heterocycles. The molecule has 0 aliphatic carbocycles. The van der Waals surface area contributed by atoms with Crippen molar-refractivity contribution in [1.82, 2.24) is 5.32 Å². The van der Waals surface area contributed by atoms with Crippen molar-refractivity contribution < 1.29 is 13.6 Å². The van der Waals surface area contributed by atoms with Crippen LogP contribution in [-0.2, 0) is 0 Å². The normalized spacial score (nSPS) is 10.2. The molecule has 3 nitrogen and oxygen atoms in total. The van der Waals surface area contributed by atoms with Gasteiger partial charge in [0.2, 0.25) is 0 Å². The molecule has 0 spiro atoms. The van der Waals surface area contributed by atoms with Gasteiger partial charge in [0, 0.05) is 6.54 Å². The maximum absolute atomic E-state index is 13.1. The third kappa shape index (κ3) is 3.58. The molecule has 16 heavy (non-hydrogen) atoms. The maximum atomic E-state index is 13.1. The van der Waals surface area contributed by atoms with E-state index in [-0.39, 0.29) is 5.56 Å². The second-order valence-electron chi connectivity index (χ2n) is 3.38. The van der Waals surface area contributed by atoms with Gasteiger partial charge in [0.1, 0.15) is 11.6 Å². The Hall–Kier alpha value is -1.49. The fourth-order valence-electron chi connectivity index (χ4n) is 1.24. The van der Waals surface area contributed by atoms with Crippen LogP contribution in [0.1, 0.15) is 23.2 Å². The Morgan fingerprint density at radius 2 is 2.06 bits per heavy atom. The Balaban J connectivity index is 2.55. The number of nitrogens with one attached hydrogen (secondary N) is 1. The molecule has 0 saturated heterocycles. The second kappa shape index (κ2) is 6.17. The average molecular weight is 228 g/mol. The molecular formula is C11H14F2N2O. The van der Waals surface area contributed by atoms with E-state index in [0.717, 1.165) is 31.0 Å². The molecule has 0 bridgehead atoms. The van der Waals surface area contributed by atoms with Crippen LogP contribution in [-0.4, -0.2) is 19.0 Å². The number of rotatable bonds is 5. The number of hydrogen-bond acceptors (Lipinski definition) is 2. The molecule has 0 fully saturated rings. The van der Waals surface area contributed by atoms with E-state index in [9.17, 15) is 13.6 Å². The zero-order valence-electron chi connectivity index (χ0n) is 8.80. The Morgan fingerprint density at radius 1 is 1.31 bits per heavy atom. The molecular weight excluding hydrogens is 214 g/mol. The van der Waals surface area contributed by atoms with E-state index < -0.39 is 17.5 Å². The summed E-state index contributed by atoms with van der Waals surface area (Å²) >= 11 is 0. The summed E-state index contributed by atoms with van der Waals surface area (Å²) in [6.07, 6.45) is 1.51. The van der Waals surface area contributed by atoms with Crippen LogP contribution in [0.15, 0.2) is 18.2 Å². The van der Waals surface area contributed by atoms with Crippen molar-refractivity contribution in [3.05, 3.63) is 35.4 Å². The van der Waals surface area contributed by atoms with Crippen molar-refractivity contribution >= 4 is 5.91 Å². The van der Waals surface area contributed by atoms with Crippen molar-refractivity contribution in [3.8, 4) is 0 Å². The van der Waals surface area contributed by atoms with Gasteiger partial charge in [-0.05, 0) is 37.6 Å². The van der Waals surface area contributed by atoms with Crippen LogP contribution < -0.4 is 11.1 Å². The number of benzene rings is 1. The SMILES string of the molecule is NCCCCNC(=O)c1cc(F)ccc1F. The minimum atomic E-state index is -0.724. The van der Waals surface area contributed by atoms with Crippen LogP contribution >= 0.6 is 0 Å². The van der Waals surface area contributed by atoms with Gasteiger partial charge in [0.25, 0.3) is 5.91 Å². The van der Waals surface area contributed by atoms with E-state index in [2.05, 4.69) is 5.32 Å². The lowest BCUT2D eigenvalue weighted by Crippen LogP contribution is -2.25. The average Bonchev–Trinajstić information content (AvgIpc) is 2.27. The van der Waals surface area contributed by atoms with Crippen LogP contribution in [0.25, 0.3) is 0 Å². The predicted molar refractivity (Wildman–Crippen MR) is 57.0 cm³/mol. The van der Waals surface area contributed by atoms with E-state index in [4.69, 9.17) is 5.73 Å². The highest BCUT2D eigenvalue weighted by Crippen LogP contribution is 2.09.